The van der Waals surface area contributed by atoms with E-state index in [0.717, 1.165) is 18.9 Å². The van der Waals surface area contributed by atoms with Crippen LogP contribution < -0.4 is 0 Å². The van der Waals surface area contributed by atoms with Crippen LogP contribution in [-0.2, 0) is 0 Å². The van der Waals surface area contributed by atoms with Gasteiger partial charge in [-0.25, -0.2) is 0 Å². The van der Waals surface area contributed by atoms with Crippen LogP contribution in [0, 0.1) is 5.41 Å². The highest BCUT2D eigenvalue weighted by molar-refractivity contribution is 5.76. The van der Waals surface area contributed by atoms with Crippen molar-refractivity contribution in [2.45, 2.75) is 19.4 Å². The molecule has 2 unspecified atom stereocenters. The van der Waals surface area contributed by atoms with Crippen molar-refractivity contribution in [1.82, 2.24) is 9.80 Å². The van der Waals surface area contributed by atoms with Crippen molar-refractivity contribution in [2.75, 3.05) is 26.2 Å². The molecule has 1 N–H and O–H groups in total. The van der Waals surface area contributed by atoms with E-state index in [4.69, 9.17) is 5.41 Å². The molecule has 0 aromatic heterocycles. The fourth-order valence-electron chi connectivity index (χ4n) is 2.14. The van der Waals surface area contributed by atoms with Gasteiger partial charge in [-0.2, -0.15) is 0 Å². The topological polar surface area (TPSA) is 30.3 Å². The first-order valence-electron chi connectivity index (χ1n) is 4.31. The number of amidine groups is 1. The average Bonchev–Trinajstić information content (AvgIpc) is 2.32. The van der Waals surface area contributed by atoms with Gasteiger partial charge in [-0.3, -0.25) is 10.3 Å². The molecule has 2 bridgehead atoms. The maximum Gasteiger partial charge on any atom is 0.0929 e. The summed E-state index contributed by atoms with van der Waals surface area (Å²) in [5.74, 6) is 0.747. The Morgan fingerprint density at radius 2 is 2.18 bits per heavy atom. The molecule has 2 fully saturated rings. The van der Waals surface area contributed by atoms with E-state index in [9.17, 15) is 0 Å². The van der Waals surface area contributed by atoms with Gasteiger partial charge in [0.15, 0.2) is 0 Å². The van der Waals surface area contributed by atoms with Crippen LogP contribution in [0.15, 0.2) is 0 Å². The molecule has 0 aromatic rings. The molecular formula is C8H15N3. The molecule has 0 saturated carbocycles. The van der Waals surface area contributed by atoms with Crippen molar-refractivity contribution in [1.29, 1.82) is 5.41 Å². The lowest BCUT2D eigenvalue weighted by Gasteiger charge is -2.35. The Bertz CT molecular complexity index is 178. The van der Waals surface area contributed by atoms with Crippen molar-refractivity contribution in [3.8, 4) is 0 Å². The zero-order valence-electron chi connectivity index (χ0n) is 7.01. The number of hydrogen-bond acceptors (Lipinski definition) is 2. The van der Waals surface area contributed by atoms with Gasteiger partial charge in [0.2, 0.25) is 0 Å². The van der Waals surface area contributed by atoms with Gasteiger partial charge in [-0.15, -0.1) is 0 Å². The van der Waals surface area contributed by atoms with Gasteiger partial charge in [0, 0.05) is 32.2 Å². The molecule has 3 heteroatoms. The minimum Gasteiger partial charge on any atom is -0.355 e. The first kappa shape index (κ1) is 7.10. The molecule has 0 aliphatic carbocycles. The van der Waals surface area contributed by atoms with E-state index < -0.39 is 0 Å². The number of nitrogens with one attached hydrogen (secondary N) is 1. The molecule has 0 amide bonds. The van der Waals surface area contributed by atoms with Gasteiger partial charge >= 0.3 is 0 Å². The third kappa shape index (κ3) is 1.13. The molecule has 2 heterocycles. The summed E-state index contributed by atoms with van der Waals surface area (Å²) in [5, 5.41) is 7.55. The van der Waals surface area contributed by atoms with E-state index >= 15 is 0 Å². The van der Waals surface area contributed by atoms with Crippen molar-refractivity contribution >= 4 is 5.84 Å². The maximum atomic E-state index is 7.55. The molecular weight excluding hydrogens is 138 g/mol. The largest absolute Gasteiger partial charge is 0.355 e. The number of nitrogens with zero attached hydrogens (tertiary/aromatic N) is 2. The standard InChI is InChI=1S/C8H15N3/c1-7(9)11-5-4-10-3-2-8(11)6-10/h8-9H,2-6H2,1H3. The van der Waals surface area contributed by atoms with Crippen molar-refractivity contribution < 1.29 is 0 Å². The van der Waals surface area contributed by atoms with E-state index in [1.54, 1.807) is 0 Å². The van der Waals surface area contributed by atoms with Gasteiger partial charge in [0.25, 0.3) is 0 Å². The quantitative estimate of drug-likeness (QED) is 0.402. The fourth-order valence-corrected chi connectivity index (χ4v) is 2.14. The smallest absolute Gasteiger partial charge is 0.0929 e. The van der Waals surface area contributed by atoms with Crippen LogP contribution in [0.1, 0.15) is 13.3 Å². The van der Waals surface area contributed by atoms with Gasteiger partial charge in [0.1, 0.15) is 0 Å². The normalized spacial score (nSPS) is 35.9. The van der Waals surface area contributed by atoms with Crippen LogP contribution in [0.4, 0.5) is 0 Å². The molecule has 0 radical (unpaired) electrons. The summed E-state index contributed by atoms with van der Waals surface area (Å²) >= 11 is 0. The Hall–Kier alpha value is -0.570. The number of hydrogen-bond donors (Lipinski definition) is 1. The first-order chi connectivity index (χ1) is 5.27. The molecule has 2 aliphatic rings. The summed E-state index contributed by atoms with van der Waals surface area (Å²) < 4.78 is 0. The third-order valence-electron chi connectivity index (χ3n) is 2.78. The summed E-state index contributed by atoms with van der Waals surface area (Å²) in [6.45, 7) is 6.56. The van der Waals surface area contributed by atoms with E-state index in [-0.39, 0.29) is 0 Å². The van der Waals surface area contributed by atoms with Crippen LogP contribution in [0.2, 0.25) is 0 Å². The molecule has 3 nitrogen and oxygen atoms in total. The zero-order valence-corrected chi connectivity index (χ0v) is 7.01. The number of piperazine rings is 1. The summed E-state index contributed by atoms with van der Waals surface area (Å²) in [7, 11) is 0. The van der Waals surface area contributed by atoms with E-state index in [2.05, 4.69) is 9.80 Å². The van der Waals surface area contributed by atoms with Gasteiger partial charge in [-0.1, -0.05) is 0 Å². The van der Waals surface area contributed by atoms with E-state index in [0.29, 0.717) is 6.04 Å². The Kier molecular flexibility index (Phi) is 1.60. The third-order valence-corrected chi connectivity index (χ3v) is 2.78. The Morgan fingerprint density at radius 3 is 2.91 bits per heavy atom. The lowest BCUT2D eigenvalue weighted by Crippen LogP contribution is -2.48. The summed E-state index contributed by atoms with van der Waals surface area (Å²) in [6, 6.07) is 0.654. The summed E-state index contributed by atoms with van der Waals surface area (Å²) in [6.07, 6.45) is 1.26. The average molecular weight is 153 g/mol. The zero-order chi connectivity index (χ0) is 7.84. The van der Waals surface area contributed by atoms with E-state index in [1.165, 1.54) is 19.5 Å². The van der Waals surface area contributed by atoms with Crippen molar-refractivity contribution in [3.05, 3.63) is 0 Å². The molecule has 0 spiro atoms. The molecule has 2 rings (SSSR count). The number of fused-ring (bicyclic) bond motifs is 2. The highest BCUT2D eigenvalue weighted by Gasteiger charge is 2.32. The monoisotopic (exact) mass is 153 g/mol. The fraction of sp³-hybridized carbons (Fsp3) is 0.875. The second kappa shape index (κ2) is 2.48. The van der Waals surface area contributed by atoms with Crippen LogP contribution in [0.5, 0.6) is 0 Å². The Labute approximate surface area is 67.5 Å². The number of rotatable bonds is 0. The predicted molar refractivity (Wildman–Crippen MR) is 45.0 cm³/mol. The first-order valence-corrected chi connectivity index (χ1v) is 4.31. The highest BCUT2D eigenvalue weighted by atomic mass is 15.3. The molecule has 11 heavy (non-hydrogen) atoms. The Balaban J connectivity index is 2.07. The lowest BCUT2D eigenvalue weighted by atomic mass is 10.2. The van der Waals surface area contributed by atoms with Crippen LogP contribution in [0.25, 0.3) is 0 Å². The summed E-state index contributed by atoms with van der Waals surface area (Å²) in [4.78, 5) is 4.73. The molecule has 2 saturated heterocycles. The van der Waals surface area contributed by atoms with Crippen LogP contribution >= 0.6 is 0 Å². The van der Waals surface area contributed by atoms with Crippen molar-refractivity contribution in [2.24, 2.45) is 0 Å². The molecule has 2 aliphatic heterocycles. The van der Waals surface area contributed by atoms with Crippen LogP contribution in [0.3, 0.4) is 0 Å². The predicted octanol–water partition coefficient (Wildman–Crippen LogP) is 0.373. The minimum atomic E-state index is 0.654. The minimum absolute atomic E-state index is 0.654. The van der Waals surface area contributed by atoms with Gasteiger partial charge in [0.05, 0.1) is 5.84 Å². The second-order valence-electron chi connectivity index (χ2n) is 3.52. The van der Waals surface area contributed by atoms with Crippen LogP contribution in [-0.4, -0.2) is 47.9 Å². The molecule has 62 valence electrons. The van der Waals surface area contributed by atoms with Gasteiger partial charge < -0.3 is 4.90 Å². The van der Waals surface area contributed by atoms with E-state index in [1.807, 2.05) is 6.92 Å². The second-order valence-corrected chi connectivity index (χ2v) is 3.52. The highest BCUT2D eigenvalue weighted by Crippen LogP contribution is 2.20. The maximum absolute atomic E-state index is 7.55. The van der Waals surface area contributed by atoms with Gasteiger partial charge in [-0.05, 0) is 13.3 Å². The summed E-state index contributed by atoms with van der Waals surface area (Å²) in [5.41, 5.74) is 0. The lowest BCUT2D eigenvalue weighted by molar-refractivity contribution is 0.203. The Morgan fingerprint density at radius 1 is 1.36 bits per heavy atom. The SMILES string of the molecule is CC(=N)N1CCN2CCC1C2. The molecule has 0 aromatic carbocycles. The molecule has 2 atom stereocenters. The van der Waals surface area contributed by atoms with Crippen molar-refractivity contribution in [3.63, 3.8) is 0 Å².